The number of nitrogens with zero attached hydrogens (tertiary/aromatic N) is 3. The molecule has 1 amide bonds. The van der Waals surface area contributed by atoms with E-state index in [9.17, 15) is 13.2 Å². The molecule has 30 heavy (non-hydrogen) atoms. The number of carbonyl (C=O) groups excluding carboxylic acids is 1. The number of benzene rings is 2. The number of rotatable bonds is 7. The van der Waals surface area contributed by atoms with Crippen molar-refractivity contribution in [2.75, 3.05) is 4.31 Å². The number of carbonyl (C=O) groups is 1. The van der Waals surface area contributed by atoms with Crippen LogP contribution in [0.1, 0.15) is 40.9 Å². The van der Waals surface area contributed by atoms with Gasteiger partial charge in [-0.05, 0) is 57.5 Å². The molecule has 1 N–H and O–H groups in total. The largest absolute Gasteiger partial charge is 0.348 e. The van der Waals surface area contributed by atoms with Crippen LogP contribution in [0.4, 0.5) is 5.13 Å². The highest BCUT2D eigenvalue weighted by atomic mass is 32.2. The molecular weight excluding hydrogens is 420 g/mol. The van der Waals surface area contributed by atoms with Gasteiger partial charge in [0, 0.05) is 18.2 Å². The number of hydrogen-bond acceptors (Lipinski definition) is 6. The van der Waals surface area contributed by atoms with Crippen LogP contribution < -0.4 is 9.62 Å². The average Bonchev–Trinajstić information content (AvgIpc) is 3.19. The van der Waals surface area contributed by atoms with Crippen molar-refractivity contribution in [3.8, 4) is 0 Å². The topological polar surface area (TPSA) is 92.3 Å². The van der Waals surface area contributed by atoms with Crippen molar-refractivity contribution in [3.05, 3.63) is 70.2 Å². The number of nitrogens with one attached hydrogen (secondary N) is 1. The van der Waals surface area contributed by atoms with Crippen molar-refractivity contribution < 1.29 is 13.2 Å². The Morgan fingerprint density at radius 2 is 1.73 bits per heavy atom. The number of anilines is 1. The fraction of sp³-hybridized carbons (Fsp3) is 0.286. The summed E-state index contributed by atoms with van der Waals surface area (Å²) in [4.78, 5) is 12.6. The van der Waals surface area contributed by atoms with Crippen LogP contribution in [0.25, 0.3) is 0 Å². The lowest BCUT2D eigenvalue weighted by atomic mass is 10.1. The van der Waals surface area contributed by atoms with E-state index in [4.69, 9.17) is 0 Å². The maximum absolute atomic E-state index is 13.1. The van der Waals surface area contributed by atoms with Crippen LogP contribution in [-0.4, -0.2) is 30.6 Å². The Bertz CT molecular complexity index is 1110. The summed E-state index contributed by atoms with van der Waals surface area (Å²) >= 11 is 1.17. The third kappa shape index (κ3) is 4.85. The Morgan fingerprint density at radius 1 is 1.10 bits per heavy atom. The molecule has 0 spiro atoms. The molecule has 3 rings (SSSR count). The van der Waals surface area contributed by atoms with Gasteiger partial charge in [0.15, 0.2) is 0 Å². The van der Waals surface area contributed by atoms with E-state index in [2.05, 4.69) is 15.5 Å². The molecule has 0 atom stereocenters. The van der Waals surface area contributed by atoms with Gasteiger partial charge in [0.1, 0.15) is 5.51 Å². The second-order valence-electron chi connectivity index (χ2n) is 7.32. The highest BCUT2D eigenvalue weighted by Crippen LogP contribution is 2.27. The quantitative estimate of drug-likeness (QED) is 0.600. The highest BCUT2D eigenvalue weighted by Gasteiger charge is 2.29. The van der Waals surface area contributed by atoms with Gasteiger partial charge >= 0.3 is 0 Å². The van der Waals surface area contributed by atoms with Crippen molar-refractivity contribution >= 4 is 32.4 Å². The first-order valence-electron chi connectivity index (χ1n) is 9.44. The molecule has 0 bridgehead atoms. The fourth-order valence-corrected chi connectivity index (χ4v) is 5.67. The summed E-state index contributed by atoms with van der Waals surface area (Å²) in [5.74, 6) is -0.166. The van der Waals surface area contributed by atoms with Crippen LogP contribution in [-0.2, 0) is 16.6 Å². The Kier molecular flexibility index (Phi) is 6.52. The third-order valence-electron chi connectivity index (χ3n) is 4.42. The lowest BCUT2D eigenvalue weighted by molar-refractivity contribution is 0.0950. The van der Waals surface area contributed by atoms with Gasteiger partial charge in [0.25, 0.3) is 15.9 Å². The first-order valence-corrected chi connectivity index (χ1v) is 11.8. The minimum Gasteiger partial charge on any atom is -0.348 e. The summed E-state index contributed by atoms with van der Waals surface area (Å²) in [5.41, 5.74) is 4.97. The van der Waals surface area contributed by atoms with Gasteiger partial charge in [-0.2, -0.15) is 0 Å². The number of hydrogen-bond donors (Lipinski definition) is 1. The van der Waals surface area contributed by atoms with Crippen molar-refractivity contribution in [1.82, 2.24) is 15.5 Å². The lowest BCUT2D eigenvalue weighted by Crippen LogP contribution is -2.37. The van der Waals surface area contributed by atoms with E-state index in [1.807, 2.05) is 32.0 Å². The van der Waals surface area contributed by atoms with Gasteiger partial charge in [0.05, 0.1) is 4.90 Å². The molecule has 0 fully saturated rings. The minimum absolute atomic E-state index is 0.163. The minimum atomic E-state index is -3.77. The molecule has 0 aliphatic rings. The number of amides is 1. The average molecular weight is 445 g/mol. The van der Waals surface area contributed by atoms with Gasteiger partial charge in [-0.25, -0.2) is 12.7 Å². The maximum Gasteiger partial charge on any atom is 0.266 e. The van der Waals surface area contributed by atoms with Crippen LogP contribution in [0.3, 0.4) is 0 Å². The molecule has 0 radical (unpaired) electrons. The molecule has 2 aromatic carbocycles. The summed E-state index contributed by atoms with van der Waals surface area (Å²) < 4.78 is 27.5. The van der Waals surface area contributed by atoms with Gasteiger partial charge in [-0.15, -0.1) is 10.2 Å². The molecule has 3 aromatic rings. The van der Waals surface area contributed by atoms with Crippen molar-refractivity contribution in [3.63, 3.8) is 0 Å². The van der Waals surface area contributed by atoms with Crippen molar-refractivity contribution in [1.29, 1.82) is 0 Å². The Hall–Kier alpha value is -2.78. The molecule has 0 saturated carbocycles. The van der Waals surface area contributed by atoms with E-state index in [0.29, 0.717) is 17.2 Å². The van der Waals surface area contributed by atoms with E-state index in [0.717, 1.165) is 16.7 Å². The first-order chi connectivity index (χ1) is 14.2. The van der Waals surface area contributed by atoms with Crippen LogP contribution in [0.15, 0.2) is 52.9 Å². The molecule has 1 aromatic heterocycles. The van der Waals surface area contributed by atoms with Crippen molar-refractivity contribution in [2.45, 2.75) is 45.2 Å². The van der Waals surface area contributed by atoms with Gasteiger partial charge in [-0.1, -0.05) is 40.7 Å². The number of aromatic nitrogens is 2. The monoisotopic (exact) mass is 444 g/mol. The Balaban J connectivity index is 1.73. The molecular formula is C21H24N4O3S2. The Morgan fingerprint density at radius 3 is 2.27 bits per heavy atom. The van der Waals surface area contributed by atoms with Crippen LogP contribution in [0.2, 0.25) is 0 Å². The lowest BCUT2D eigenvalue weighted by Gasteiger charge is -2.25. The van der Waals surface area contributed by atoms with Gasteiger partial charge in [-0.3, -0.25) is 4.79 Å². The molecule has 0 saturated heterocycles. The van der Waals surface area contributed by atoms with Gasteiger partial charge < -0.3 is 5.32 Å². The zero-order chi connectivity index (χ0) is 21.9. The van der Waals surface area contributed by atoms with E-state index >= 15 is 0 Å². The SMILES string of the molecule is Cc1cc(C)cc(C(=O)NCc2ccc(S(=O)(=O)N(c3nncs3)C(C)C)cc2)c1. The van der Waals surface area contributed by atoms with Crippen LogP contribution in [0.5, 0.6) is 0 Å². The zero-order valence-corrected chi connectivity index (χ0v) is 18.9. The summed E-state index contributed by atoms with van der Waals surface area (Å²) in [6.45, 7) is 7.78. The summed E-state index contributed by atoms with van der Waals surface area (Å²) in [6.07, 6.45) is 0. The Labute approximate surface area is 180 Å². The predicted molar refractivity (Wildman–Crippen MR) is 118 cm³/mol. The standard InChI is InChI=1S/C21H24N4O3S2/c1-14(2)25(21-24-23-13-29-21)30(27,28)19-7-5-17(6-8-19)12-22-20(26)18-10-15(3)9-16(4)11-18/h5-11,13-14H,12H2,1-4H3,(H,22,26). The molecule has 1 heterocycles. The maximum atomic E-state index is 13.1. The zero-order valence-electron chi connectivity index (χ0n) is 17.3. The van der Waals surface area contributed by atoms with Crippen LogP contribution >= 0.6 is 11.3 Å². The summed E-state index contributed by atoms with van der Waals surface area (Å²) in [6, 6.07) is 11.9. The molecule has 9 heteroatoms. The summed E-state index contributed by atoms with van der Waals surface area (Å²) in [5, 5.41) is 10.9. The first kappa shape index (κ1) is 21.9. The molecule has 7 nitrogen and oxygen atoms in total. The second-order valence-corrected chi connectivity index (χ2v) is 9.95. The normalized spacial score (nSPS) is 11.5. The molecule has 0 aliphatic heterocycles. The smallest absolute Gasteiger partial charge is 0.266 e. The summed E-state index contributed by atoms with van der Waals surface area (Å²) in [7, 11) is -3.77. The predicted octanol–water partition coefficient (Wildman–Crippen LogP) is 3.69. The number of sulfonamides is 1. The number of aryl methyl sites for hydroxylation is 2. The molecule has 0 aliphatic carbocycles. The van der Waals surface area contributed by atoms with Crippen LogP contribution in [0, 0.1) is 13.8 Å². The van der Waals surface area contributed by atoms with E-state index < -0.39 is 10.0 Å². The second kappa shape index (κ2) is 8.93. The van der Waals surface area contributed by atoms with E-state index in [-0.39, 0.29) is 16.8 Å². The molecule has 158 valence electrons. The highest BCUT2D eigenvalue weighted by molar-refractivity contribution is 7.93. The molecule has 0 unspecified atom stereocenters. The van der Waals surface area contributed by atoms with E-state index in [1.165, 1.54) is 21.2 Å². The van der Waals surface area contributed by atoms with Crippen molar-refractivity contribution in [2.24, 2.45) is 0 Å². The third-order valence-corrected chi connectivity index (χ3v) is 7.21. The van der Waals surface area contributed by atoms with E-state index in [1.54, 1.807) is 38.1 Å². The van der Waals surface area contributed by atoms with Gasteiger partial charge in [0.2, 0.25) is 5.13 Å². The fourth-order valence-electron chi connectivity index (χ4n) is 3.15.